The fourth-order valence-corrected chi connectivity index (χ4v) is 7.94. The number of rotatable bonds is 5. The lowest BCUT2D eigenvalue weighted by Crippen LogP contribution is -2.79. The summed E-state index contributed by atoms with van der Waals surface area (Å²) in [6, 6.07) is 9.14. The van der Waals surface area contributed by atoms with Crippen LogP contribution in [0.25, 0.3) is 11.1 Å². The Kier molecular flexibility index (Phi) is 6.51. The highest BCUT2D eigenvalue weighted by atomic mass is 16.5. The molecule has 0 heterocycles. The Morgan fingerprint density at radius 1 is 1.05 bits per heavy atom. The molecule has 2 fully saturated rings. The molecule has 0 aliphatic heterocycles. The van der Waals surface area contributed by atoms with Gasteiger partial charge in [-0.3, -0.25) is 28.9 Å². The summed E-state index contributed by atoms with van der Waals surface area (Å²) >= 11 is 0. The number of amides is 1. The number of likely N-dealkylation sites (N-methyl/N-ethyl adjacent to an activating group) is 1. The van der Waals surface area contributed by atoms with Crippen LogP contribution >= 0.6 is 0 Å². The second kappa shape index (κ2) is 9.32. The molecule has 4 N–H and O–H groups in total. The minimum atomic E-state index is -2.83. The summed E-state index contributed by atoms with van der Waals surface area (Å²) in [5.41, 5.74) is 1.54. The molecule has 0 spiro atoms. The van der Waals surface area contributed by atoms with Crippen LogP contribution in [0.3, 0.4) is 0 Å². The molecule has 41 heavy (non-hydrogen) atoms. The van der Waals surface area contributed by atoms with Crippen LogP contribution in [0, 0.1) is 22.7 Å². The van der Waals surface area contributed by atoms with E-state index in [1.165, 1.54) is 17.9 Å². The lowest BCUT2D eigenvalue weighted by Gasteiger charge is -2.61. The van der Waals surface area contributed by atoms with Crippen molar-refractivity contribution in [2.24, 2.45) is 28.4 Å². The van der Waals surface area contributed by atoms with Crippen LogP contribution in [0.4, 0.5) is 0 Å². The number of phenols is 1. The van der Waals surface area contributed by atoms with Gasteiger partial charge < -0.3 is 20.7 Å². The zero-order chi connectivity index (χ0) is 30.2. The fourth-order valence-electron chi connectivity index (χ4n) is 7.94. The first-order valence-corrected chi connectivity index (χ1v) is 13.6. The Morgan fingerprint density at radius 2 is 1.71 bits per heavy atom. The summed E-state index contributed by atoms with van der Waals surface area (Å²) in [6.07, 6.45) is 0.0498. The van der Waals surface area contributed by atoms with Crippen molar-refractivity contribution in [2.45, 2.75) is 45.3 Å². The Labute approximate surface area is 237 Å². The van der Waals surface area contributed by atoms with Crippen molar-refractivity contribution in [3.8, 4) is 22.6 Å². The number of hydrogen-bond acceptors (Lipinski definition) is 9. The standard InChI is InChI=1S/C31H34N2O8/c1-6-41-19-10-8-7-9-16(19)15-11-12-18(34)20-17(15)13-29(2)14-30(3)25(33(4)5)24(36)21(28(32)39)26(37)31(30,40)27(38)22(29)23(20)35/h7-12,21-22,25,34,40H,6,13-14H2,1-5H3,(H2,32,39)/t21?,22?,25-,29+,30+,31-/m1/s1. The van der Waals surface area contributed by atoms with Gasteiger partial charge in [0, 0.05) is 11.0 Å². The molecular formula is C31H34N2O8. The zero-order valence-electron chi connectivity index (χ0n) is 23.7. The summed E-state index contributed by atoms with van der Waals surface area (Å²) in [6.45, 7) is 5.47. The lowest BCUT2D eigenvalue weighted by molar-refractivity contribution is -0.203. The molecule has 2 aromatic rings. The second-order valence-corrected chi connectivity index (χ2v) is 12.2. The van der Waals surface area contributed by atoms with Gasteiger partial charge in [0.05, 0.1) is 24.1 Å². The Balaban J connectivity index is 1.75. The van der Waals surface area contributed by atoms with Crippen molar-refractivity contribution >= 4 is 29.0 Å². The van der Waals surface area contributed by atoms with Gasteiger partial charge in [0.25, 0.3) is 0 Å². The second-order valence-electron chi connectivity index (χ2n) is 12.2. The van der Waals surface area contributed by atoms with E-state index in [1.807, 2.05) is 25.1 Å². The number of carbonyl (C=O) groups excluding carboxylic acids is 5. The summed E-state index contributed by atoms with van der Waals surface area (Å²) in [5.74, 6) is -8.46. The normalized spacial score (nSPS) is 32.8. The number of para-hydroxylation sites is 1. The molecule has 10 nitrogen and oxygen atoms in total. The Morgan fingerprint density at radius 3 is 2.32 bits per heavy atom. The largest absolute Gasteiger partial charge is 0.507 e. The minimum absolute atomic E-state index is 0.0632. The molecule has 0 saturated heterocycles. The monoisotopic (exact) mass is 562 g/mol. The zero-order valence-corrected chi connectivity index (χ0v) is 23.7. The van der Waals surface area contributed by atoms with E-state index < -0.39 is 63.3 Å². The van der Waals surface area contributed by atoms with Crippen molar-refractivity contribution in [3.63, 3.8) is 0 Å². The number of nitrogens with two attached hydrogens (primary N) is 1. The quantitative estimate of drug-likeness (QED) is 0.460. The molecule has 2 saturated carbocycles. The molecule has 2 aromatic carbocycles. The highest BCUT2D eigenvalue weighted by molar-refractivity contribution is 6.33. The van der Waals surface area contributed by atoms with E-state index >= 15 is 0 Å². The number of aliphatic hydroxyl groups is 1. The number of nitrogens with zero attached hydrogens (tertiary/aromatic N) is 1. The van der Waals surface area contributed by atoms with Gasteiger partial charge in [0.2, 0.25) is 5.91 Å². The van der Waals surface area contributed by atoms with E-state index in [2.05, 4.69) is 0 Å². The van der Waals surface area contributed by atoms with Crippen molar-refractivity contribution in [1.29, 1.82) is 0 Å². The van der Waals surface area contributed by atoms with Gasteiger partial charge in [-0.05, 0) is 62.5 Å². The SMILES string of the molecule is CCOc1ccccc1-c1ccc(O)c2c1C[C@@]1(C)C[C@@]3(C)[C@H](N(C)C)C(=O)C(C(N)=O)C(=O)[C@@]3(O)C(=O)C1C2=O. The molecule has 0 bridgehead atoms. The Hall–Kier alpha value is -3.89. The molecule has 216 valence electrons. The van der Waals surface area contributed by atoms with Crippen LogP contribution in [0.2, 0.25) is 0 Å². The predicted octanol–water partition coefficient (Wildman–Crippen LogP) is 1.71. The van der Waals surface area contributed by atoms with E-state index in [1.54, 1.807) is 33.2 Å². The average Bonchev–Trinajstić information content (AvgIpc) is 2.86. The number of primary amides is 1. The van der Waals surface area contributed by atoms with E-state index in [0.717, 1.165) is 0 Å². The van der Waals surface area contributed by atoms with Crippen molar-refractivity contribution in [2.75, 3.05) is 20.7 Å². The number of fused-ring (bicyclic) bond motifs is 3. The summed E-state index contributed by atoms with van der Waals surface area (Å²) < 4.78 is 5.83. The maximum atomic E-state index is 14.3. The van der Waals surface area contributed by atoms with Crippen LogP contribution in [0.5, 0.6) is 11.5 Å². The van der Waals surface area contributed by atoms with E-state index in [4.69, 9.17) is 10.5 Å². The fraction of sp³-hybridized carbons (Fsp3) is 0.452. The molecular weight excluding hydrogens is 528 g/mol. The molecule has 1 amide bonds. The third kappa shape index (κ3) is 3.66. The van der Waals surface area contributed by atoms with Gasteiger partial charge in [0.1, 0.15) is 11.5 Å². The summed E-state index contributed by atoms with van der Waals surface area (Å²) in [4.78, 5) is 69.5. The molecule has 3 aliphatic rings. The molecule has 2 unspecified atom stereocenters. The maximum Gasteiger partial charge on any atom is 0.235 e. The predicted molar refractivity (Wildman–Crippen MR) is 147 cm³/mol. The van der Waals surface area contributed by atoms with E-state index in [0.29, 0.717) is 29.0 Å². The topological polar surface area (TPSA) is 164 Å². The van der Waals surface area contributed by atoms with Crippen LogP contribution in [-0.2, 0) is 25.6 Å². The first kappa shape index (κ1) is 28.6. The lowest BCUT2D eigenvalue weighted by atomic mass is 9.42. The molecule has 10 heteroatoms. The van der Waals surface area contributed by atoms with Gasteiger partial charge in [-0.15, -0.1) is 0 Å². The van der Waals surface area contributed by atoms with Gasteiger partial charge in [0.15, 0.2) is 34.7 Å². The number of carbonyl (C=O) groups is 5. The summed E-state index contributed by atoms with van der Waals surface area (Å²) in [5, 5.41) is 22.9. The highest BCUT2D eigenvalue weighted by Crippen LogP contribution is 2.62. The van der Waals surface area contributed by atoms with Crippen molar-refractivity contribution in [1.82, 2.24) is 4.90 Å². The molecule has 6 atom stereocenters. The number of benzene rings is 2. The number of aromatic hydroxyl groups is 1. The van der Waals surface area contributed by atoms with Crippen LogP contribution < -0.4 is 10.5 Å². The van der Waals surface area contributed by atoms with Gasteiger partial charge in [-0.2, -0.15) is 0 Å². The number of hydrogen-bond donors (Lipinski definition) is 3. The van der Waals surface area contributed by atoms with E-state index in [9.17, 15) is 34.2 Å². The number of Topliss-reactive ketones (excluding diaryl/α,β-unsaturated/α-hetero) is 4. The van der Waals surface area contributed by atoms with E-state index in [-0.39, 0.29) is 24.2 Å². The molecule has 5 rings (SSSR count). The van der Waals surface area contributed by atoms with Gasteiger partial charge >= 0.3 is 0 Å². The third-order valence-electron chi connectivity index (χ3n) is 9.35. The molecule has 3 aliphatic carbocycles. The average molecular weight is 563 g/mol. The van der Waals surface area contributed by atoms with Gasteiger partial charge in [-0.25, -0.2) is 0 Å². The van der Waals surface area contributed by atoms with Crippen molar-refractivity contribution in [3.05, 3.63) is 47.5 Å². The number of ketones is 4. The smallest absolute Gasteiger partial charge is 0.235 e. The molecule has 0 aromatic heterocycles. The first-order chi connectivity index (χ1) is 19.2. The van der Waals surface area contributed by atoms with Crippen LogP contribution in [0.15, 0.2) is 36.4 Å². The first-order valence-electron chi connectivity index (χ1n) is 13.6. The highest BCUT2D eigenvalue weighted by Gasteiger charge is 2.76. The summed E-state index contributed by atoms with van der Waals surface area (Å²) in [7, 11) is 3.12. The maximum absolute atomic E-state index is 14.3. The number of phenolic OH excluding ortho intramolecular Hbond substituents is 1. The van der Waals surface area contributed by atoms with Gasteiger partial charge in [-0.1, -0.05) is 38.1 Å². The van der Waals surface area contributed by atoms with Crippen molar-refractivity contribution < 1.29 is 38.9 Å². The Bertz CT molecular complexity index is 1530. The third-order valence-corrected chi connectivity index (χ3v) is 9.35. The number of ether oxygens (including phenoxy) is 1. The minimum Gasteiger partial charge on any atom is -0.507 e. The van der Waals surface area contributed by atoms with Crippen LogP contribution in [-0.4, -0.2) is 76.5 Å². The molecule has 0 radical (unpaired) electrons. The van der Waals surface area contributed by atoms with Crippen LogP contribution in [0.1, 0.15) is 43.1 Å².